The second-order valence-electron chi connectivity index (χ2n) is 5.29. The molecule has 1 aromatic heterocycles. The van der Waals surface area contributed by atoms with Gasteiger partial charge in [-0.15, -0.1) is 0 Å². The van der Waals surface area contributed by atoms with Crippen LogP contribution < -0.4 is 5.32 Å². The van der Waals surface area contributed by atoms with E-state index in [1.165, 1.54) is 22.5 Å². The Hall–Kier alpha value is -1.06. The van der Waals surface area contributed by atoms with Crippen LogP contribution in [0, 0.1) is 13.8 Å². The molecule has 1 aromatic carbocycles. The van der Waals surface area contributed by atoms with Crippen molar-refractivity contribution in [3.63, 3.8) is 0 Å². The van der Waals surface area contributed by atoms with E-state index in [0.717, 1.165) is 17.6 Å². The summed E-state index contributed by atoms with van der Waals surface area (Å²) in [5, 5.41) is 3.61. The number of benzene rings is 1. The molecule has 0 aliphatic carbocycles. The summed E-state index contributed by atoms with van der Waals surface area (Å²) in [6.07, 6.45) is 0. The predicted octanol–water partition coefficient (Wildman–Crippen LogP) is 4.74. The Morgan fingerprint density at radius 2 is 1.85 bits per heavy atom. The number of hydrogen-bond acceptors (Lipinski definition) is 1. The summed E-state index contributed by atoms with van der Waals surface area (Å²) in [6, 6.07) is 11.2. The molecule has 0 unspecified atom stereocenters. The highest BCUT2D eigenvalue weighted by molar-refractivity contribution is 9.10. The zero-order valence-corrected chi connectivity index (χ0v) is 14.3. The van der Waals surface area contributed by atoms with E-state index in [1.54, 1.807) is 0 Å². The molecule has 108 valence electrons. The third-order valence-electron chi connectivity index (χ3n) is 3.96. The first kappa shape index (κ1) is 15.3. The highest BCUT2D eigenvalue weighted by atomic mass is 79.9. The fraction of sp³-hybridized carbons (Fsp3) is 0.412. The summed E-state index contributed by atoms with van der Waals surface area (Å²) in [6.45, 7) is 10.7. The van der Waals surface area contributed by atoms with E-state index in [2.05, 4.69) is 83.8 Å². The summed E-state index contributed by atoms with van der Waals surface area (Å²) in [5.41, 5.74) is 5.43. The van der Waals surface area contributed by atoms with Crippen LogP contribution in [0.2, 0.25) is 0 Å². The molecule has 1 heterocycles. The van der Waals surface area contributed by atoms with Gasteiger partial charge < -0.3 is 9.88 Å². The minimum Gasteiger partial charge on any atom is -0.349 e. The van der Waals surface area contributed by atoms with Crippen LogP contribution in [0.15, 0.2) is 34.8 Å². The van der Waals surface area contributed by atoms with Gasteiger partial charge in [-0.1, -0.05) is 28.1 Å². The lowest BCUT2D eigenvalue weighted by Crippen LogP contribution is -2.18. The lowest BCUT2D eigenvalue weighted by molar-refractivity contribution is 0.571. The van der Waals surface area contributed by atoms with E-state index in [9.17, 15) is 0 Å². The molecule has 3 heteroatoms. The van der Waals surface area contributed by atoms with Gasteiger partial charge in [-0.05, 0) is 57.0 Å². The molecule has 0 radical (unpaired) electrons. The average molecular weight is 335 g/mol. The molecule has 0 amide bonds. The van der Waals surface area contributed by atoms with Crippen LogP contribution in [0.3, 0.4) is 0 Å². The Morgan fingerprint density at radius 3 is 2.40 bits per heavy atom. The molecule has 0 spiro atoms. The number of rotatable bonds is 5. The SMILES string of the molecule is CCn1c(C)cc(CN[C@H](C)c2ccc(Br)cc2)c1C. The van der Waals surface area contributed by atoms with Crippen molar-refractivity contribution in [3.8, 4) is 0 Å². The van der Waals surface area contributed by atoms with Crippen LogP contribution in [0.1, 0.15) is 42.4 Å². The second-order valence-corrected chi connectivity index (χ2v) is 6.21. The van der Waals surface area contributed by atoms with Crippen LogP contribution in [0.25, 0.3) is 0 Å². The summed E-state index contributed by atoms with van der Waals surface area (Å²) in [5.74, 6) is 0. The molecule has 0 saturated carbocycles. The Morgan fingerprint density at radius 1 is 1.20 bits per heavy atom. The van der Waals surface area contributed by atoms with Crippen molar-refractivity contribution in [1.29, 1.82) is 0 Å². The van der Waals surface area contributed by atoms with Crippen LogP contribution in [-0.4, -0.2) is 4.57 Å². The highest BCUT2D eigenvalue weighted by Crippen LogP contribution is 2.19. The number of nitrogens with one attached hydrogen (secondary N) is 1. The van der Waals surface area contributed by atoms with E-state index in [-0.39, 0.29) is 0 Å². The zero-order chi connectivity index (χ0) is 14.7. The second kappa shape index (κ2) is 6.59. The molecule has 0 fully saturated rings. The van der Waals surface area contributed by atoms with Crippen molar-refractivity contribution in [2.75, 3.05) is 0 Å². The molecule has 2 aromatic rings. The minimum absolute atomic E-state index is 0.354. The van der Waals surface area contributed by atoms with Gasteiger partial charge in [0.15, 0.2) is 0 Å². The molecule has 1 N–H and O–H groups in total. The maximum Gasteiger partial charge on any atom is 0.0294 e. The van der Waals surface area contributed by atoms with Gasteiger partial charge in [0.25, 0.3) is 0 Å². The quantitative estimate of drug-likeness (QED) is 0.835. The lowest BCUT2D eigenvalue weighted by atomic mass is 10.1. The first-order chi connectivity index (χ1) is 9.52. The number of hydrogen-bond donors (Lipinski definition) is 1. The Balaban J connectivity index is 2.03. The lowest BCUT2D eigenvalue weighted by Gasteiger charge is -2.14. The molecule has 1 atom stereocenters. The molecule has 0 bridgehead atoms. The third-order valence-corrected chi connectivity index (χ3v) is 4.49. The molecule has 0 aliphatic rings. The highest BCUT2D eigenvalue weighted by Gasteiger charge is 2.10. The van der Waals surface area contributed by atoms with Gasteiger partial charge in [-0.3, -0.25) is 0 Å². The smallest absolute Gasteiger partial charge is 0.0294 e. The molecule has 2 nitrogen and oxygen atoms in total. The maximum absolute atomic E-state index is 3.61. The normalized spacial score (nSPS) is 12.7. The number of halogens is 1. The van der Waals surface area contributed by atoms with E-state index >= 15 is 0 Å². The van der Waals surface area contributed by atoms with Gasteiger partial charge in [-0.2, -0.15) is 0 Å². The molecular formula is C17H23BrN2. The molecule has 2 rings (SSSR count). The van der Waals surface area contributed by atoms with Gasteiger partial charge in [0.05, 0.1) is 0 Å². The molecule has 0 saturated heterocycles. The van der Waals surface area contributed by atoms with Gasteiger partial charge >= 0.3 is 0 Å². The molecule has 20 heavy (non-hydrogen) atoms. The van der Waals surface area contributed by atoms with Crippen molar-refractivity contribution in [3.05, 3.63) is 57.3 Å². The van der Waals surface area contributed by atoms with Crippen molar-refractivity contribution < 1.29 is 0 Å². The van der Waals surface area contributed by atoms with Gasteiger partial charge in [-0.25, -0.2) is 0 Å². The number of aromatic nitrogens is 1. The van der Waals surface area contributed by atoms with Crippen LogP contribution in [0.5, 0.6) is 0 Å². The van der Waals surface area contributed by atoms with Crippen molar-refractivity contribution in [2.45, 2.75) is 46.8 Å². The molecular weight excluding hydrogens is 312 g/mol. The standard InChI is InChI=1S/C17H23BrN2/c1-5-20-12(2)10-16(14(20)4)11-19-13(3)15-6-8-17(18)9-7-15/h6-10,13,19H,5,11H2,1-4H3/t13-/m1/s1. The topological polar surface area (TPSA) is 17.0 Å². The van der Waals surface area contributed by atoms with E-state index in [1.807, 2.05) is 0 Å². The Labute approximate surface area is 130 Å². The van der Waals surface area contributed by atoms with E-state index in [0.29, 0.717) is 6.04 Å². The Kier molecular flexibility index (Phi) is 5.06. The average Bonchev–Trinajstić information content (AvgIpc) is 2.71. The van der Waals surface area contributed by atoms with E-state index < -0.39 is 0 Å². The van der Waals surface area contributed by atoms with Gasteiger partial charge in [0.1, 0.15) is 0 Å². The summed E-state index contributed by atoms with van der Waals surface area (Å²) in [7, 11) is 0. The first-order valence-electron chi connectivity index (χ1n) is 7.17. The number of nitrogens with zero attached hydrogens (tertiary/aromatic N) is 1. The summed E-state index contributed by atoms with van der Waals surface area (Å²) >= 11 is 3.48. The fourth-order valence-corrected chi connectivity index (χ4v) is 2.93. The monoisotopic (exact) mass is 334 g/mol. The number of aryl methyl sites for hydroxylation is 1. The van der Waals surface area contributed by atoms with Crippen molar-refractivity contribution >= 4 is 15.9 Å². The zero-order valence-electron chi connectivity index (χ0n) is 12.7. The van der Waals surface area contributed by atoms with E-state index in [4.69, 9.17) is 0 Å². The summed E-state index contributed by atoms with van der Waals surface area (Å²) < 4.78 is 3.49. The van der Waals surface area contributed by atoms with Crippen LogP contribution >= 0.6 is 15.9 Å². The largest absolute Gasteiger partial charge is 0.349 e. The summed E-state index contributed by atoms with van der Waals surface area (Å²) in [4.78, 5) is 0. The van der Waals surface area contributed by atoms with Crippen molar-refractivity contribution in [2.24, 2.45) is 0 Å². The molecule has 0 aliphatic heterocycles. The minimum atomic E-state index is 0.354. The van der Waals surface area contributed by atoms with Crippen LogP contribution in [0.4, 0.5) is 0 Å². The fourth-order valence-electron chi connectivity index (χ4n) is 2.67. The third kappa shape index (κ3) is 3.33. The maximum atomic E-state index is 3.61. The first-order valence-corrected chi connectivity index (χ1v) is 7.96. The predicted molar refractivity (Wildman–Crippen MR) is 89.0 cm³/mol. The van der Waals surface area contributed by atoms with Crippen molar-refractivity contribution in [1.82, 2.24) is 9.88 Å². The Bertz CT molecular complexity index is 569. The van der Waals surface area contributed by atoms with Gasteiger partial charge in [0.2, 0.25) is 0 Å². The van der Waals surface area contributed by atoms with Gasteiger partial charge in [0, 0.05) is 35.0 Å². The van der Waals surface area contributed by atoms with Crippen LogP contribution in [-0.2, 0) is 13.1 Å².